The van der Waals surface area contributed by atoms with Crippen LogP contribution < -0.4 is 11.1 Å². The quantitative estimate of drug-likeness (QED) is 0.812. The van der Waals surface area contributed by atoms with Gasteiger partial charge in [0.25, 0.3) is 0 Å². The molecule has 0 spiro atoms. The normalized spacial score (nSPS) is 18.1. The van der Waals surface area contributed by atoms with Crippen LogP contribution in [0.15, 0.2) is 24.3 Å². The summed E-state index contributed by atoms with van der Waals surface area (Å²) < 4.78 is 0. The molecule has 1 saturated heterocycles. The number of carbonyl (C=O) groups excluding carboxylic acids is 1. The minimum Gasteiger partial charge on any atom is -0.397 e. The Bertz CT molecular complexity index is 471. The molecule has 0 aliphatic carbocycles. The second-order valence-electron chi connectivity index (χ2n) is 6.14. The molecule has 1 fully saturated rings. The molecule has 1 amide bonds. The minimum absolute atomic E-state index is 0.0416. The highest BCUT2D eigenvalue weighted by Gasteiger charge is 2.31. The van der Waals surface area contributed by atoms with Crippen molar-refractivity contribution < 1.29 is 4.79 Å². The van der Waals surface area contributed by atoms with Gasteiger partial charge in [-0.1, -0.05) is 12.1 Å². The largest absolute Gasteiger partial charge is 0.397 e. The van der Waals surface area contributed by atoms with E-state index in [2.05, 4.69) is 24.1 Å². The summed E-state index contributed by atoms with van der Waals surface area (Å²) in [6.45, 7) is 6.71. The van der Waals surface area contributed by atoms with Crippen LogP contribution >= 0.6 is 0 Å². The number of para-hydroxylation sites is 2. The maximum Gasteiger partial charge on any atom is 0.224 e. The van der Waals surface area contributed by atoms with E-state index >= 15 is 0 Å². The van der Waals surface area contributed by atoms with Gasteiger partial charge in [0, 0.05) is 12.0 Å². The summed E-state index contributed by atoms with van der Waals surface area (Å²) in [4.78, 5) is 14.4. The third-order valence-electron chi connectivity index (χ3n) is 4.14. The van der Waals surface area contributed by atoms with Crippen molar-refractivity contribution in [2.75, 3.05) is 24.1 Å². The van der Waals surface area contributed by atoms with E-state index in [0.717, 1.165) is 19.5 Å². The van der Waals surface area contributed by atoms with Crippen molar-refractivity contribution in [3.8, 4) is 0 Å². The molecule has 0 unspecified atom stereocenters. The Labute approximate surface area is 121 Å². The summed E-state index contributed by atoms with van der Waals surface area (Å²) >= 11 is 0. The molecule has 1 heterocycles. The molecule has 4 heteroatoms. The van der Waals surface area contributed by atoms with E-state index in [1.807, 2.05) is 18.2 Å². The first-order chi connectivity index (χ1) is 9.49. The standard InChI is InChI=1S/C16H25N3O/c1-16(2)10-6-12-19(16)11-5-9-15(20)18-14-8-4-3-7-13(14)17/h3-4,7-8H,5-6,9-12,17H2,1-2H3,(H,18,20). The fourth-order valence-corrected chi connectivity index (χ4v) is 2.83. The zero-order valence-electron chi connectivity index (χ0n) is 12.5. The van der Waals surface area contributed by atoms with Crippen molar-refractivity contribution in [3.63, 3.8) is 0 Å². The van der Waals surface area contributed by atoms with E-state index in [1.54, 1.807) is 6.07 Å². The zero-order valence-corrected chi connectivity index (χ0v) is 12.5. The van der Waals surface area contributed by atoms with E-state index in [9.17, 15) is 4.79 Å². The molecule has 4 nitrogen and oxygen atoms in total. The van der Waals surface area contributed by atoms with Gasteiger partial charge >= 0.3 is 0 Å². The summed E-state index contributed by atoms with van der Waals surface area (Å²) in [6, 6.07) is 7.36. The summed E-state index contributed by atoms with van der Waals surface area (Å²) in [5, 5.41) is 2.87. The van der Waals surface area contributed by atoms with Crippen LogP contribution in [0, 0.1) is 0 Å². The van der Waals surface area contributed by atoms with Crippen molar-refractivity contribution in [1.29, 1.82) is 0 Å². The van der Waals surface area contributed by atoms with Crippen LogP contribution in [-0.4, -0.2) is 29.4 Å². The molecule has 0 bridgehead atoms. The predicted octanol–water partition coefficient (Wildman–Crippen LogP) is 2.86. The van der Waals surface area contributed by atoms with E-state index in [-0.39, 0.29) is 5.91 Å². The highest BCUT2D eigenvalue weighted by molar-refractivity contribution is 5.93. The van der Waals surface area contributed by atoms with Gasteiger partial charge in [0.15, 0.2) is 0 Å². The molecule has 110 valence electrons. The third kappa shape index (κ3) is 3.73. The van der Waals surface area contributed by atoms with Gasteiger partial charge in [-0.05, 0) is 58.3 Å². The second kappa shape index (κ2) is 6.27. The number of hydrogen-bond donors (Lipinski definition) is 2. The smallest absolute Gasteiger partial charge is 0.224 e. The molecule has 0 radical (unpaired) electrons. The van der Waals surface area contributed by atoms with Gasteiger partial charge in [-0.2, -0.15) is 0 Å². The molecule has 1 aliphatic rings. The molecule has 0 aromatic heterocycles. The molecule has 20 heavy (non-hydrogen) atoms. The lowest BCUT2D eigenvalue weighted by atomic mass is 10.0. The second-order valence-corrected chi connectivity index (χ2v) is 6.14. The highest BCUT2D eigenvalue weighted by atomic mass is 16.1. The first-order valence-corrected chi connectivity index (χ1v) is 7.38. The Morgan fingerprint density at radius 2 is 2.15 bits per heavy atom. The number of rotatable bonds is 5. The molecule has 1 aromatic rings. The van der Waals surface area contributed by atoms with Gasteiger partial charge in [-0.15, -0.1) is 0 Å². The number of amides is 1. The number of nitrogen functional groups attached to an aromatic ring is 1. The summed E-state index contributed by atoms with van der Waals surface area (Å²) in [5.41, 5.74) is 7.42. The summed E-state index contributed by atoms with van der Waals surface area (Å²) in [7, 11) is 0. The number of nitrogens with zero attached hydrogens (tertiary/aromatic N) is 1. The average Bonchev–Trinajstić information content (AvgIpc) is 2.72. The van der Waals surface area contributed by atoms with Crippen molar-refractivity contribution in [3.05, 3.63) is 24.3 Å². The highest BCUT2D eigenvalue weighted by Crippen LogP contribution is 2.28. The van der Waals surface area contributed by atoms with Gasteiger partial charge in [0.1, 0.15) is 0 Å². The first kappa shape index (κ1) is 14.9. The van der Waals surface area contributed by atoms with Crippen molar-refractivity contribution >= 4 is 17.3 Å². The predicted molar refractivity (Wildman–Crippen MR) is 83.6 cm³/mol. The molecule has 0 atom stereocenters. The van der Waals surface area contributed by atoms with Gasteiger partial charge < -0.3 is 11.1 Å². The maximum absolute atomic E-state index is 11.9. The lowest BCUT2D eigenvalue weighted by molar-refractivity contribution is -0.116. The average molecular weight is 275 g/mol. The van der Waals surface area contributed by atoms with Crippen molar-refractivity contribution in [1.82, 2.24) is 4.90 Å². The van der Waals surface area contributed by atoms with Crippen molar-refractivity contribution in [2.45, 2.75) is 45.1 Å². The van der Waals surface area contributed by atoms with Gasteiger partial charge in [0.05, 0.1) is 11.4 Å². The fourth-order valence-electron chi connectivity index (χ4n) is 2.83. The Hall–Kier alpha value is -1.55. The maximum atomic E-state index is 11.9. The molecule has 0 saturated carbocycles. The summed E-state index contributed by atoms with van der Waals surface area (Å²) in [6.07, 6.45) is 3.95. The van der Waals surface area contributed by atoms with Crippen LogP contribution in [0.1, 0.15) is 39.5 Å². The number of nitrogens with two attached hydrogens (primary N) is 1. The lowest BCUT2D eigenvalue weighted by Gasteiger charge is -2.31. The van der Waals surface area contributed by atoms with E-state index in [4.69, 9.17) is 5.73 Å². The number of nitrogens with one attached hydrogen (secondary N) is 1. The summed E-state index contributed by atoms with van der Waals surface area (Å²) in [5.74, 6) is 0.0416. The molecule has 2 rings (SSSR count). The fraction of sp³-hybridized carbons (Fsp3) is 0.562. The monoisotopic (exact) mass is 275 g/mol. The number of hydrogen-bond acceptors (Lipinski definition) is 3. The zero-order chi connectivity index (χ0) is 14.6. The molecular formula is C16H25N3O. The van der Waals surface area contributed by atoms with Gasteiger partial charge in [-0.25, -0.2) is 0 Å². The van der Waals surface area contributed by atoms with E-state index in [1.165, 1.54) is 12.8 Å². The SMILES string of the molecule is CC1(C)CCCN1CCCC(=O)Nc1ccccc1N. The Balaban J connectivity index is 1.75. The van der Waals surface area contributed by atoms with Crippen LogP contribution in [0.2, 0.25) is 0 Å². The Morgan fingerprint density at radius 3 is 2.80 bits per heavy atom. The van der Waals surface area contributed by atoms with Crippen LogP contribution in [0.5, 0.6) is 0 Å². The first-order valence-electron chi connectivity index (χ1n) is 7.38. The van der Waals surface area contributed by atoms with Crippen LogP contribution in [0.25, 0.3) is 0 Å². The van der Waals surface area contributed by atoms with Crippen molar-refractivity contribution in [2.24, 2.45) is 0 Å². The van der Waals surface area contributed by atoms with Crippen LogP contribution in [0.4, 0.5) is 11.4 Å². The van der Waals surface area contributed by atoms with Crippen LogP contribution in [0.3, 0.4) is 0 Å². The third-order valence-corrected chi connectivity index (χ3v) is 4.14. The van der Waals surface area contributed by atoms with Gasteiger partial charge in [0.2, 0.25) is 5.91 Å². The Morgan fingerprint density at radius 1 is 1.40 bits per heavy atom. The number of carbonyl (C=O) groups is 1. The van der Waals surface area contributed by atoms with Gasteiger partial charge in [-0.3, -0.25) is 9.69 Å². The molecule has 1 aromatic carbocycles. The minimum atomic E-state index is 0.0416. The topological polar surface area (TPSA) is 58.4 Å². The molecule has 3 N–H and O–H groups in total. The number of anilines is 2. The number of benzene rings is 1. The lowest BCUT2D eigenvalue weighted by Crippen LogP contribution is -2.38. The van der Waals surface area contributed by atoms with E-state index in [0.29, 0.717) is 23.3 Å². The van der Waals surface area contributed by atoms with E-state index < -0.39 is 0 Å². The Kier molecular flexibility index (Phi) is 4.65. The van der Waals surface area contributed by atoms with Crippen LogP contribution in [-0.2, 0) is 4.79 Å². The molecular weight excluding hydrogens is 250 g/mol. The molecule has 1 aliphatic heterocycles. The number of likely N-dealkylation sites (tertiary alicyclic amines) is 1.